The van der Waals surface area contributed by atoms with Gasteiger partial charge in [-0.2, -0.15) is 0 Å². The van der Waals surface area contributed by atoms with Crippen LogP contribution < -0.4 is 9.64 Å². The highest BCUT2D eigenvalue weighted by atomic mass is 16.5. The highest BCUT2D eigenvalue weighted by molar-refractivity contribution is 5.81. The van der Waals surface area contributed by atoms with E-state index in [2.05, 4.69) is 23.7 Å². The Hall–Kier alpha value is -2.56. The van der Waals surface area contributed by atoms with Crippen LogP contribution in [0.15, 0.2) is 42.6 Å². The van der Waals surface area contributed by atoms with E-state index in [-0.39, 0.29) is 5.91 Å². The van der Waals surface area contributed by atoms with Crippen molar-refractivity contribution < 1.29 is 9.53 Å². The Labute approximate surface area is 155 Å². The van der Waals surface area contributed by atoms with Gasteiger partial charge in [-0.3, -0.25) is 4.79 Å². The van der Waals surface area contributed by atoms with Gasteiger partial charge < -0.3 is 14.5 Å². The van der Waals surface area contributed by atoms with Gasteiger partial charge in [0.05, 0.1) is 0 Å². The van der Waals surface area contributed by atoms with Crippen LogP contribution in [0.25, 0.3) is 0 Å². The van der Waals surface area contributed by atoms with E-state index in [1.54, 1.807) is 6.20 Å². The number of nitrogens with zero attached hydrogens (tertiary/aromatic N) is 3. The van der Waals surface area contributed by atoms with E-state index in [0.29, 0.717) is 19.5 Å². The first-order valence-corrected chi connectivity index (χ1v) is 9.27. The molecule has 1 saturated heterocycles. The maximum absolute atomic E-state index is 12.9. The predicted octanol–water partition coefficient (Wildman–Crippen LogP) is 3.20. The molecule has 1 atom stereocenters. The second-order valence-electron chi connectivity index (χ2n) is 6.76. The fourth-order valence-electron chi connectivity index (χ4n) is 3.16. The molecule has 1 aliphatic heterocycles. The molecular weight excluding hydrogens is 326 g/mol. The van der Waals surface area contributed by atoms with Gasteiger partial charge in [0.1, 0.15) is 11.6 Å². The van der Waals surface area contributed by atoms with E-state index in [0.717, 1.165) is 24.7 Å². The Balaban J connectivity index is 1.60. The molecule has 1 fully saturated rings. The Morgan fingerprint density at radius 1 is 1.12 bits per heavy atom. The predicted molar refractivity (Wildman–Crippen MR) is 104 cm³/mol. The average Bonchev–Trinajstić information content (AvgIpc) is 2.69. The molecule has 3 rings (SSSR count). The van der Waals surface area contributed by atoms with Gasteiger partial charge in [-0.25, -0.2) is 4.98 Å². The van der Waals surface area contributed by atoms with E-state index in [1.807, 2.05) is 48.2 Å². The van der Waals surface area contributed by atoms with Crippen molar-refractivity contribution in [3.05, 3.63) is 53.7 Å². The molecule has 2 aromatic rings. The minimum Gasteiger partial charge on any atom is -0.481 e. The molecular formula is C21H27N3O2. The van der Waals surface area contributed by atoms with Crippen LogP contribution >= 0.6 is 0 Å². The first-order valence-electron chi connectivity index (χ1n) is 9.27. The lowest BCUT2D eigenvalue weighted by atomic mass is 10.1. The Morgan fingerprint density at radius 2 is 1.88 bits per heavy atom. The largest absolute Gasteiger partial charge is 0.481 e. The number of carbonyl (C=O) groups excluding carboxylic acids is 1. The molecule has 5 nitrogen and oxygen atoms in total. The number of hydrogen-bond donors (Lipinski definition) is 0. The lowest BCUT2D eigenvalue weighted by molar-refractivity contribution is -0.139. The molecule has 0 aliphatic carbocycles. The quantitative estimate of drug-likeness (QED) is 0.828. The highest BCUT2D eigenvalue weighted by Crippen LogP contribution is 2.20. The number of rotatable bonds is 5. The molecule has 0 bridgehead atoms. The molecule has 2 heterocycles. The van der Waals surface area contributed by atoms with Crippen molar-refractivity contribution in [2.24, 2.45) is 0 Å². The van der Waals surface area contributed by atoms with Crippen molar-refractivity contribution in [3.63, 3.8) is 0 Å². The molecule has 1 unspecified atom stereocenters. The zero-order valence-corrected chi connectivity index (χ0v) is 15.8. The Kier molecular flexibility index (Phi) is 5.76. The van der Waals surface area contributed by atoms with Crippen LogP contribution in [0.5, 0.6) is 5.75 Å². The van der Waals surface area contributed by atoms with Gasteiger partial charge >= 0.3 is 0 Å². The van der Waals surface area contributed by atoms with Crippen molar-refractivity contribution in [3.8, 4) is 5.75 Å². The lowest BCUT2D eigenvalue weighted by Crippen LogP contribution is -2.52. The summed E-state index contributed by atoms with van der Waals surface area (Å²) in [6.45, 7) is 9.11. The van der Waals surface area contributed by atoms with Crippen molar-refractivity contribution in [1.29, 1.82) is 0 Å². The minimum atomic E-state index is -0.432. The van der Waals surface area contributed by atoms with Crippen LogP contribution in [0.3, 0.4) is 0 Å². The van der Waals surface area contributed by atoms with Crippen LogP contribution in [0, 0.1) is 13.8 Å². The van der Waals surface area contributed by atoms with Crippen molar-refractivity contribution in [2.45, 2.75) is 33.3 Å². The number of piperazine rings is 1. The molecule has 0 N–H and O–H groups in total. The second kappa shape index (κ2) is 8.21. The van der Waals surface area contributed by atoms with Gasteiger partial charge in [-0.05, 0) is 55.7 Å². The highest BCUT2D eigenvalue weighted by Gasteiger charge is 2.28. The topological polar surface area (TPSA) is 45.7 Å². The number of benzene rings is 1. The van der Waals surface area contributed by atoms with Crippen LogP contribution in [0.2, 0.25) is 0 Å². The van der Waals surface area contributed by atoms with E-state index in [1.165, 1.54) is 11.1 Å². The Bertz CT molecular complexity index is 740. The number of anilines is 1. The van der Waals surface area contributed by atoms with Crippen LogP contribution in [-0.4, -0.2) is 48.1 Å². The van der Waals surface area contributed by atoms with Gasteiger partial charge in [0.25, 0.3) is 5.91 Å². The molecule has 26 heavy (non-hydrogen) atoms. The summed E-state index contributed by atoms with van der Waals surface area (Å²) in [6.07, 6.45) is 2.03. The fourth-order valence-corrected chi connectivity index (χ4v) is 3.16. The third kappa shape index (κ3) is 4.15. The number of aryl methyl sites for hydroxylation is 2. The second-order valence-corrected chi connectivity index (χ2v) is 6.76. The van der Waals surface area contributed by atoms with Gasteiger partial charge in [-0.15, -0.1) is 0 Å². The number of ether oxygens (including phenoxy) is 1. The summed E-state index contributed by atoms with van der Waals surface area (Å²) >= 11 is 0. The monoisotopic (exact) mass is 353 g/mol. The minimum absolute atomic E-state index is 0.0754. The van der Waals surface area contributed by atoms with Crippen molar-refractivity contribution in [2.75, 3.05) is 31.1 Å². The van der Waals surface area contributed by atoms with Gasteiger partial charge in [0.15, 0.2) is 6.10 Å². The smallest absolute Gasteiger partial charge is 0.263 e. The first-order chi connectivity index (χ1) is 12.6. The number of hydrogen-bond acceptors (Lipinski definition) is 4. The van der Waals surface area contributed by atoms with Crippen LogP contribution in [0.4, 0.5) is 5.82 Å². The molecule has 1 aromatic heterocycles. The number of pyridine rings is 1. The lowest BCUT2D eigenvalue weighted by Gasteiger charge is -2.36. The van der Waals surface area contributed by atoms with E-state index >= 15 is 0 Å². The van der Waals surface area contributed by atoms with E-state index in [4.69, 9.17) is 4.74 Å². The average molecular weight is 353 g/mol. The zero-order valence-electron chi connectivity index (χ0n) is 15.8. The van der Waals surface area contributed by atoms with Gasteiger partial charge in [0, 0.05) is 32.4 Å². The van der Waals surface area contributed by atoms with Crippen molar-refractivity contribution in [1.82, 2.24) is 9.88 Å². The Morgan fingerprint density at radius 3 is 2.50 bits per heavy atom. The normalized spacial score (nSPS) is 15.7. The van der Waals surface area contributed by atoms with Crippen molar-refractivity contribution >= 4 is 11.7 Å². The molecule has 0 saturated carbocycles. The molecule has 5 heteroatoms. The SMILES string of the molecule is CCC(Oc1ccc(C)c(C)c1)C(=O)N1CCN(c2ccccn2)CC1. The molecule has 1 amide bonds. The molecule has 138 valence electrons. The third-order valence-electron chi connectivity index (χ3n) is 4.97. The number of aromatic nitrogens is 1. The molecule has 0 radical (unpaired) electrons. The van der Waals surface area contributed by atoms with Crippen LogP contribution in [0.1, 0.15) is 24.5 Å². The summed E-state index contributed by atoms with van der Waals surface area (Å²) in [7, 11) is 0. The third-order valence-corrected chi connectivity index (χ3v) is 4.97. The van der Waals surface area contributed by atoms with E-state index in [9.17, 15) is 4.79 Å². The number of amides is 1. The fraction of sp³-hybridized carbons (Fsp3) is 0.429. The van der Waals surface area contributed by atoms with E-state index < -0.39 is 6.10 Å². The summed E-state index contributed by atoms with van der Waals surface area (Å²) in [5, 5.41) is 0. The number of carbonyl (C=O) groups is 1. The zero-order chi connectivity index (χ0) is 18.5. The summed E-state index contributed by atoms with van der Waals surface area (Å²) in [4.78, 5) is 21.4. The van der Waals surface area contributed by atoms with Gasteiger partial charge in [0.2, 0.25) is 0 Å². The molecule has 1 aliphatic rings. The molecule has 0 spiro atoms. The van der Waals surface area contributed by atoms with Gasteiger partial charge in [-0.1, -0.05) is 19.1 Å². The summed E-state index contributed by atoms with van der Waals surface area (Å²) in [6, 6.07) is 11.9. The maximum Gasteiger partial charge on any atom is 0.263 e. The standard InChI is InChI=1S/C21H27N3O2/c1-4-19(26-18-9-8-16(2)17(3)15-18)21(25)24-13-11-23(12-14-24)20-7-5-6-10-22-20/h5-10,15,19H,4,11-14H2,1-3H3. The summed E-state index contributed by atoms with van der Waals surface area (Å²) in [5.74, 6) is 1.81. The molecule has 1 aromatic carbocycles. The first kappa shape index (κ1) is 18.2. The summed E-state index contributed by atoms with van der Waals surface area (Å²) < 4.78 is 6.01. The maximum atomic E-state index is 12.9. The van der Waals surface area contributed by atoms with Crippen LogP contribution in [-0.2, 0) is 4.79 Å². The summed E-state index contributed by atoms with van der Waals surface area (Å²) in [5.41, 5.74) is 2.40.